The number of hydrogen-bond acceptors (Lipinski definition) is 6. The van der Waals surface area contributed by atoms with E-state index in [0.717, 1.165) is 38.4 Å². The molecular formula is C36H22N6. The van der Waals surface area contributed by atoms with E-state index in [0.29, 0.717) is 23.3 Å². The lowest BCUT2D eigenvalue weighted by Gasteiger charge is -2.13. The van der Waals surface area contributed by atoms with Gasteiger partial charge in [-0.2, -0.15) is 0 Å². The SMILES string of the molecule is c1ccc(-c2ncnc(-c3ccc4c(c3)c3ccccc3c3ccc(-c5ncnc(-c6ccccc6)n5)cc34)n2)cc1. The van der Waals surface area contributed by atoms with Gasteiger partial charge in [-0.3, -0.25) is 0 Å². The Balaban J connectivity index is 1.31. The minimum absolute atomic E-state index is 0.641. The standard InChI is InChI=1S/C36H22N6/c1-3-9-23(10-4-1)33-37-21-39-35(41-33)25-15-17-29-27-13-7-8-14-28(27)31-19-26(16-18-30(31)32(29)20-25)36-40-22-38-34(42-36)24-11-5-2-6-12-24/h1-22H. The van der Waals surface area contributed by atoms with Gasteiger partial charge in [-0.1, -0.05) is 109 Å². The second-order valence-corrected chi connectivity index (χ2v) is 10.1. The van der Waals surface area contributed by atoms with Crippen LogP contribution in [0, 0.1) is 0 Å². The predicted octanol–water partition coefficient (Wildman–Crippen LogP) is 8.18. The van der Waals surface area contributed by atoms with Crippen molar-refractivity contribution >= 4 is 32.3 Å². The molecule has 0 saturated heterocycles. The topological polar surface area (TPSA) is 77.3 Å². The third-order valence-electron chi connectivity index (χ3n) is 7.56. The Hall–Kier alpha value is -5.88. The zero-order valence-electron chi connectivity index (χ0n) is 22.4. The van der Waals surface area contributed by atoms with Gasteiger partial charge in [0.15, 0.2) is 23.3 Å². The number of rotatable bonds is 4. The third kappa shape index (κ3) is 4.14. The van der Waals surface area contributed by atoms with Crippen molar-refractivity contribution in [2.75, 3.05) is 0 Å². The molecule has 0 aliphatic heterocycles. The van der Waals surface area contributed by atoms with Crippen molar-refractivity contribution in [1.29, 1.82) is 0 Å². The van der Waals surface area contributed by atoms with E-state index in [1.807, 2.05) is 60.7 Å². The minimum Gasteiger partial charge on any atom is -0.217 e. The molecule has 0 spiro atoms. The van der Waals surface area contributed by atoms with Crippen molar-refractivity contribution in [1.82, 2.24) is 29.9 Å². The molecule has 6 heteroatoms. The normalized spacial score (nSPS) is 11.3. The highest BCUT2D eigenvalue weighted by molar-refractivity contribution is 6.26. The van der Waals surface area contributed by atoms with E-state index in [-0.39, 0.29) is 0 Å². The highest BCUT2D eigenvalue weighted by atomic mass is 15.0. The molecule has 8 aromatic rings. The van der Waals surface area contributed by atoms with Crippen LogP contribution in [0.3, 0.4) is 0 Å². The summed E-state index contributed by atoms with van der Waals surface area (Å²) >= 11 is 0. The molecule has 196 valence electrons. The van der Waals surface area contributed by atoms with Gasteiger partial charge >= 0.3 is 0 Å². The van der Waals surface area contributed by atoms with Crippen LogP contribution >= 0.6 is 0 Å². The van der Waals surface area contributed by atoms with Crippen LogP contribution in [0.25, 0.3) is 77.9 Å². The zero-order valence-corrected chi connectivity index (χ0v) is 22.4. The van der Waals surface area contributed by atoms with E-state index in [2.05, 4.69) is 80.6 Å². The fraction of sp³-hybridized carbons (Fsp3) is 0. The molecule has 0 N–H and O–H groups in total. The van der Waals surface area contributed by atoms with Crippen LogP contribution < -0.4 is 0 Å². The van der Waals surface area contributed by atoms with Gasteiger partial charge in [0.05, 0.1) is 0 Å². The second-order valence-electron chi connectivity index (χ2n) is 10.1. The number of benzene rings is 6. The van der Waals surface area contributed by atoms with E-state index in [1.54, 1.807) is 12.7 Å². The summed E-state index contributed by atoms with van der Waals surface area (Å²) in [4.78, 5) is 27.5. The van der Waals surface area contributed by atoms with Crippen molar-refractivity contribution in [3.05, 3.63) is 134 Å². The highest BCUT2D eigenvalue weighted by Gasteiger charge is 2.14. The Kier molecular flexibility index (Phi) is 5.67. The summed E-state index contributed by atoms with van der Waals surface area (Å²) in [5.74, 6) is 2.59. The van der Waals surface area contributed by atoms with Gasteiger partial charge in [-0.25, -0.2) is 29.9 Å². The number of nitrogens with zero attached hydrogens (tertiary/aromatic N) is 6. The van der Waals surface area contributed by atoms with Crippen molar-refractivity contribution in [2.45, 2.75) is 0 Å². The number of hydrogen-bond donors (Lipinski definition) is 0. The van der Waals surface area contributed by atoms with Gasteiger partial charge in [0.1, 0.15) is 12.7 Å². The Morgan fingerprint density at radius 3 is 1.12 bits per heavy atom. The molecule has 0 unspecified atom stereocenters. The maximum Gasteiger partial charge on any atom is 0.163 e. The van der Waals surface area contributed by atoms with Gasteiger partial charge in [0.25, 0.3) is 0 Å². The van der Waals surface area contributed by atoms with Crippen molar-refractivity contribution in [3.8, 4) is 45.6 Å². The average Bonchev–Trinajstić information content (AvgIpc) is 3.09. The molecule has 8 rings (SSSR count). The van der Waals surface area contributed by atoms with Gasteiger partial charge in [0.2, 0.25) is 0 Å². The predicted molar refractivity (Wildman–Crippen MR) is 167 cm³/mol. The Morgan fingerprint density at radius 1 is 0.286 bits per heavy atom. The first-order valence-corrected chi connectivity index (χ1v) is 13.7. The van der Waals surface area contributed by atoms with E-state index in [9.17, 15) is 0 Å². The first kappa shape index (κ1) is 24.0. The molecule has 6 nitrogen and oxygen atoms in total. The summed E-state index contributed by atoms with van der Waals surface area (Å²) in [6, 6.07) is 41.3. The molecule has 0 bridgehead atoms. The minimum atomic E-state index is 0.641. The van der Waals surface area contributed by atoms with Crippen LogP contribution in [-0.2, 0) is 0 Å². The molecule has 0 atom stereocenters. The van der Waals surface area contributed by atoms with Crippen molar-refractivity contribution < 1.29 is 0 Å². The van der Waals surface area contributed by atoms with Crippen LogP contribution in [0.5, 0.6) is 0 Å². The maximum atomic E-state index is 4.80. The molecular weight excluding hydrogens is 516 g/mol. The van der Waals surface area contributed by atoms with Gasteiger partial charge in [-0.15, -0.1) is 0 Å². The second kappa shape index (κ2) is 9.94. The van der Waals surface area contributed by atoms with Crippen LogP contribution in [0.1, 0.15) is 0 Å². The summed E-state index contributed by atoms with van der Waals surface area (Å²) in [6.07, 6.45) is 3.16. The lowest BCUT2D eigenvalue weighted by molar-refractivity contribution is 1.07. The monoisotopic (exact) mass is 538 g/mol. The number of fused-ring (bicyclic) bond motifs is 6. The molecule has 0 amide bonds. The quantitative estimate of drug-likeness (QED) is 0.210. The zero-order chi connectivity index (χ0) is 27.9. The largest absolute Gasteiger partial charge is 0.217 e. The summed E-state index contributed by atoms with van der Waals surface area (Å²) in [5.41, 5.74) is 3.79. The molecule has 0 fully saturated rings. The molecule has 0 aliphatic carbocycles. The fourth-order valence-electron chi connectivity index (χ4n) is 5.56. The van der Waals surface area contributed by atoms with Crippen LogP contribution in [0.2, 0.25) is 0 Å². The van der Waals surface area contributed by atoms with E-state index in [4.69, 9.17) is 9.97 Å². The first-order valence-electron chi connectivity index (χ1n) is 13.7. The Morgan fingerprint density at radius 2 is 0.643 bits per heavy atom. The van der Waals surface area contributed by atoms with Gasteiger partial charge < -0.3 is 0 Å². The van der Waals surface area contributed by atoms with Gasteiger partial charge in [-0.05, 0) is 44.5 Å². The molecule has 6 aromatic carbocycles. The van der Waals surface area contributed by atoms with Crippen LogP contribution in [-0.4, -0.2) is 29.9 Å². The van der Waals surface area contributed by atoms with Gasteiger partial charge in [0, 0.05) is 22.3 Å². The first-order chi connectivity index (χ1) is 20.8. The summed E-state index contributed by atoms with van der Waals surface area (Å²) in [6.45, 7) is 0. The van der Waals surface area contributed by atoms with Crippen molar-refractivity contribution in [3.63, 3.8) is 0 Å². The molecule has 2 heterocycles. The Bertz CT molecular complexity index is 2130. The highest BCUT2D eigenvalue weighted by Crippen LogP contribution is 2.38. The summed E-state index contributed by atoms with van der Waals surface area (Å²) in [7, 11) is 0. The van der Waals surface area contributed by atoms with E-state index in [1.165, 1.54) is 16.2 Å². The fourth-order valence-corrected chi connectivity index (χ4v) is 5.56. The van der Waals surface area contributed by atoms with E-state index < -0.39 is 0 Å². The Labute approximate surface area is 241 Å². The van der Waals surface area contributed by atoms with Crippen LogP contribution in [0.4, 0.5) is 0 Å². The third-order valence-corrected chi connectivity index (χ3v) is 7.56. The average molecular weight is 539 g/mol. The molecule has 2 aromatic heterocycles. The molecule has 0 saturated carbocycles. The summed E-state index contributed by atoms with van der Waals surface area (Å²) in [5, 5.41) is 6.95. The smallest absolute Gasteiger partial charge is 0.163 e. The molecule has 0 aliphatic rings. The molecule has 0 radical (unpaired) electrons. The number of aromatic nitrogens is 6. The maximum absolute atomic E-state index is 4.80. The van der Waals surface area contributed by atoms with Crippen LogP contribution in [0.15, 0.2) is 134 Å². The molecule has 42 heavy (non-hydrogen) atoms. The summed E-state index contributed by atoms with van der Waals surface area (Å²) < 4.78 is 0. The van der Waals surface area contributed by atoms with E-state index >= 15 is 0 Å². The van der Waals surface area contributed by atoms with Crippen molar-refractivity contribution in [2.24, 2.45) is 0 Å². The lowest BCUT2D eigenvalue weighted by Crippen LogP contribution is -1.96. The lowest BCUT2D eigenvalue weighted by atomic mass is 9.92.